The van der Waals surface area contributed by atoms with Gasteiger partial charge in [-0.2, -0.15) is 0 Å². The predicted molar refractivity (Wildman–Crippen MR) is 71.6 cm³/mol. The van der Waals surface area contributed by atoms with Crippen LogP contribution in [0, 0.1) is 5.82 Å². The smallest absolute Gasteiger partial charge is 0.338 e. The van der Waals surface area contributed by atoms with Gasteiger partial charge in [-0.05, 0) is 18.2 Å². The summed E-state index contributed by atoms with van der Waals surface area (Å²) in [5.41, 5.74) is -0.632. The van der Waals surface area contributed by atoms with Crippen LogP contribution >= 0.6 is 34.8 Å². The van der Waals surface area contributed by atoms with Crippen LogP contribution in [0.25, 0.3) is 11.3 Å². The van der Waals surface area contributed by atoms with Gasteiger partial charge in [-0.15, -0.1) is 0 Å². The molecular formula is C12H5Cl3FNO2. The number of rotatable bonds is 2. The van der Waals surface area contributed by atoms with Gasteiger partial charge in [-0.1, -0.05) is 34.8 Å². The van der Waals surface area contributed by atoms with Gasteiger partial charge >= 0.3 is 5.97 Å². The summed E-state index contributed by atoms with van der Waals surface area (Å²) in [7, 11) is 0. The number of aromatic carboxylic acids is 1. The van der Waals surface area contributed by atoms with Crippen LogP contribution < -0.4 is 0 Å². The number of hydrogen-bond acceptors (Lipinski definition) is 2. The quantitative estimate of drug-likeness (QED) is 0.883. The maximum Gasteiger partial charge on any atom is 0.338 e. The van der Waals surface area contributed by atoms with Crippen LogP contribution in [0.2, 0.25) is 15.1 Å². The van der Waals surface area contributed by atoms with E-state index < -0.39 is 17.3 Å². The summed E-state index contributed by atoms with van der Waals surface area (Å²) in [6.45, 7) is 0. The van der Waals surface area contributed by atoms with Crippen molar-refractivity contribution in [2.24, 2.45) is 0 Å². The molecule has 1 aromatic heterocycles. The second kappa shape index (κ2) is 5.33. The SMILES string of the molecule is O=C(O)c1ccnc(-c2c(Cl)cc(Cl)cc2Cl)c1F. The molecule has 1 aromatic carbocycles. The Morgan fingerprint density at radius 3 is 2.32 bits per heavy atom. The molecule has 0 unspecified atom stereocenters. The summed E-state index contributed by atoms with van der Waals surface area (Å²) < 4.78 is 14.1. The highest BCUT2D eigenvalue weighted by molar-refractivity contribution is 6.41. The Morgan fingerprint density at radius 2 is 1.79 bits per heavy atom. The van der Waals surface area contributed by atoms with E-state index in [9.17, 15) is 9.18 Å². The second-order valence-corrected chi connectivity index (χ2v) is 4.82. The molecule has 3 nitrogen and oxygen atoms in total. The monoisotopic (exact) mass is 319 g/mol. The summed E-state index contributed by atoms with van der Waals surface area (Å²) in [6.07, 6.45) is 1.17. The number of carbonyl (C=O) groups is 1. The zero-order chi connectivity index (χ0) is 14.2. The summed E-state index contributed by atoms with van der Waals surface area (Å²) >= 11 is 17.7. The van der Waals surface area contributed by atoms with E-state index in [0.29, 0.717) is 0 Å². The maximum absolute atomic E-state index is 14.1. The van der Waals surface area contributed by atoms with Gasteiger partial charge < -0.3 is 5.11 Å². The lowest BCUT2D eigenvalue weighted by Gasteiger charge is -2.09. The van der Waals surface area contributed by atoms with E-state index in [1.165, 1.54) is 18.3 Å². The van der Waals surface area contributed by atoms with E-state index in [4.69, 9.17) is 39.9 Å². The van der Waals surface area contributed by atoms with E-state index in [1.54, 1.807) is 0 Å². The van der Waals surface area contributed by atoms with Gasteiger partial charge in [0.05, 0.1) is 15.6 Å². The van der Waals surface area contributed by atoms with Gasteiger partial charge in [0.25, 0.3) is 0 Å². The Hall–Kier alpha value is -1.36. The fourth-order valence-corrected chi connectivity index (χ4v) is 2.55. The Labute approximate surface area is 122 Å². The molecule has 0 aliphatic carbocycles. The van der Waals surface area contributed by atoms with Gasteiger partial charge in [0.15, 0.2) is 5.82 Å². The first-order valence-corrected chi connectivity index (χ1v) is 6.08. The highest BCUT2D eigenvalue weighted by Gasteiger charge is 2.20. The van der Waals surface area contributed by atoms with E-state index in [0.717, 1.165) is 6.07 Å². The predicted octanol–water partition coefficient (Wildman–Crippen LogP) is 4.55. The molecule has 0 saturated heterocycles. The minimum atomic E-state index is -1.40. The van der Waals surface area contributed by atoms with Crippen molar-refractivity contribution < 1.29 is 14.3 Å². The highest BCUT2D eigenvalue weighted by atomic mass is 35.5. The molecule has 0 atom stereocenters. The summed E-state index contributed by atoms with van der Waals surface area (Å²) in [5.74, 6) is -2.40. The van der Waals surface area contributed by atoms with Gasteiger partial charge in [-0.3, -0.25) is 4.98 Å². The first-order chi connectivity index (χ1) is 8.91. The first-order valence-electron chi connectivity index (χ1n) is 4.94. The Morgan fingerprint density at radius 1 is 1.21 bits per heavy atom. The van der Waals surface area contributed by atoms with E-state index in [-0.39, 0.29) is 26.3 Å². The lowest BCUT2D eigenvalue weighted by Crippen LogP contribution is -2.03. The second-order valence-electron chi connectivity index (χ2n) is 3.57. The van der Waals surface area contributed by atoms with Crippen molar-refractivity contribution in [2.45, 2.75) is 0 Å². The van der Waals surface area contributed by atoms with Crippen LogP contribution in [0.1, 0.15) is 10.4 Å². The van der Waals surface area contributed by atoms with Crippen LogP contribution in [-0.4, -0.2) is 16.1 Å². The number of carboxylic acids is 1. The number of pyridine rings is 1. The van der Waals surface area contributed by atoms with Crippen LogP contribution in [0.3, 0.4) is 0 Å². The lowest BCUT2D eigenvalue weighted by atomic mass is 10.1. The third-order valence-corrected chi connectivity index (χ3v) is 3.18. The van der Waals surface area contributed by atoms with Gasteiger partial charge in [0.1, 0.15) is 5.69 Å². The van der Waals surface area contributed by atoms with E-state index >= 15 is 0 Å². The maximum atomic E-state index is 14.1. The van der Waals surface area contributed by atoms with Gasteiger partial charge in [0.2, 0.25) is 0 Å². The van der Waals surface area contributed by atoms with Crippen molar-refractivity contribution in [1.82, 2.24) is 4.98 Å². The van der Waals surface area contributed by atoms with Crippen LogP contribution in [-0.2, 0) is 0 Å². The number of nitrogens with zero attached hydrogens (tertiary/aromatic N) is 1. The van der Waals surface area contributed by atoms with Crippen molar-refractivity contribution in [3.8, 4) is 11.3 Å². The minimum Gasteiger partial charge on any atom is -0.478 e. The van der Waals surface area contributed by atoms with Crippen LogP contribution in [0.5, 0.6) is 0 Å². The van der Waals surface area contributed by atoms with Crippen molar-refractivity contribution >= 4 is 40.8 Å². The lowest BCUT2D eigenvalue weighted by molar-refractivity contribution is 0.0692. The Balaban J connectivity index is 2.73. The largest absolute Gasteiger partial charge is 0.478 e. The zero-order valence-corrected chi connectivity index (χ0v) is 11.4. The van der Waals surface area contributed by atoms with Crippen molar-refractivity contribution in [1.29, 1.82) is 0 Å². The number of benzene rings is 1. The molecule has 0 amide bonds. The van der Waals surface area contributed by atoms with Crippen LogP contribution in [0.4, 0.5) is 4.39 Å². The summed E-state index contributed by atoms with van der Waals surface area (Å²) in [5, 5.41) is 9.33. The molecule has 1 heterocycles. The molecule has 0 saturated carbocycles. The average molecular weight is 321 g/mol. The number of halogens is 4. The summed E-state index contributed by atoms with van der Waals surface area (Å²) in [4.78, 5) is 14.7. The number of carboxylic acid groups (broad SMARTS) is 1. The molecule has 0 aliphatic rings. The Bertz CT molecular complexity index is 653. The normalized spacial score (nSPS) is 10.5. The minimum absolute atomic E-state index is 0.0893. The molecule has 0 aliphatic heterocycles. The number of hydrogen-bond donors (Lipinski definition) is 1. The molecule has 0 bridgehead atoms. The van der Waals surface area contributed by atoms with Crippen molar-refractivity contribution in [3.63, 3.8) is 0 Å². The molecule has 7 heteroatoms. The van der Waals surface area contributed by atoms with Crippen molar-refractivity contribution in [3.05, 3.63) is 50.8 Å². The van der Waals surface area contributed by atoms with Crippen molar-refractivity contribution in [2.75, 3.05) is 0 Å². The molecule has 2 aromatic rings. The van der Waals surface area contributed by atoms with Crippen LogP contribution in [0.15, 0.2) is 24.4 Å². The van der Waals surface area contributed by atoms with Gasteiger partial charge in [0, 0.05) is 16.8 Å². The first kappa shape index (κ1) is 14.1. The van der Waals surface area contributed by atoms with E-state index in [1.807, 2.05) is 0 Å². The molecule has 0 spiro atoms. The third-order valence-electron chi connectivity index (χ3n) is 2.36. The molecule has 0 radical (unpaired) electrons. The third kappa shape index (κ3) is 2.66. The average Bonchev–Trinajstić information content (AvgIpc) is 2.29. The fraction of sp³-hybridized carbons (Fsp3) is 0. The molecule has 1 N–H and O–H groups in total. The number of aromatic nitrogens is 1. The Kier molecular flexibility index (Phi) is 3.94. The summed E-state index contributed by atoms with van der Waals surface area (Å²) in [6, 6.07) is 3.80. The fourth-order valence-electron chi connectivity index (χ4n) is 1.55. The topological polar surface area (TPSA) is 50.2 Å². The standard InChI is InChI=1S/C12H5Cl3FNO2/c13-5-3-7(14)9(8(15)4-5)11-10(16)6(12(18)19)1-2-17-11/h1-4H,(H,18,19). The molecule has 2 rings (SSSR count). The molecule has 98 valence electrons. The zero-order valence-electron chi connectivity index (χ0n) is 9.12. The highest BCUT2D eigenvalue weighted by Crippen LogP contribution is 2.37. The van der Waals surface area contributed by atoms with Gasteiger partial charge in [-0.25, -0.2) is 9.18 Å². The van der Waals surface area contributed by atoms with E-state index in [2.05, 4.69) is 4.98 Å². The molecule has 0 fully saturated rings. The molecule has 19 heavy (non-hydrogen) atoms. The molecular weight excluding hydrogens is 315 g/mol.